The second-order valence-electron chi connectivity index (χ2n) is 3.40. The molecular weight excluding hydrogens is 192 g/mol. The molecule has 76 valence electrons. The first-order chi connectivity index (χ1) is 7.16. The summed E-state index contributed by atoms with van der Waals surface area (Å²) in [4.78, 5) is 10.9. The van der Waals surface area contributed by atoms with Crippen LogP contribution >= 0.6 is 0 Å². The third-order valence-electron chi connectivity index (χ3n) is 2.18. The maximum atomic E-state index is 10.9. The largest absolute Gasteiger partial charge is 0.478 e. The van der Waals surface area contributed by atoms with E-state index in [0.29, 0.717) is 5.56 Å². The molecule has 0 amide bonds. The van der Waals surface area contributed by atoms with Gasteiger partial charge in [-0.3, -0.25) is 0 Å². The van der Waals surface area contributed by atoms with Gasteiger partial charge in [-0.05, 0) is 36.2 Å². The Morgan fingerprint density at radius 3 is 2.67 bits per heavy atom. The maximum Gasteiger partial charge on any atom is 0.335 e. The van der Waals surface area contributed by atoms with E-state index in [1.54, 1.807) is 30.7 Å². The number of carboxylic acids is 1. The smallest absolute Gasteiger partial charge is 0.335 e. The van der Waals surface area contributed by atoms with E-state index in [4.69, 9.17) is 9.52 Å². The zero-order valence-electron chi connectivity index (χ0n) is 8.23. The van der Waals surface area contributed by atoms with Crippen LogP contribution < -0.4 is 0 Å². The van der Waals surface area contributed by atoms with E-state index in [-0.39, 0.29) is 0 Å². The molecule has 1 aromatic carbocycles. The van der Waals surface area contributed by atoms with Crippen LogP contribution in [-0.4, -0.2) is 11.1 Å². The van der Waals surface area contributed by atoms with Gasteiger partial charge in [-0.1, -0.05) is 6.07 Å². The lowest BCUT2D eigenvalue weighted by molar-refractivity contribution is 0.0697. The van der Waals surface area contributed by atoms with Crippen LogP contribution in [0.2, 0.25) is 0 Å². The Morgan fingerprint density at radius 2 is 2.07 bits per heavy atom. The van der Waals surface area contributed by atoms with Crippen LogP contribution in [0.1, 0.15) is 15.9 Å². The molecular formula is C12H10O3. The number of benzene rings is 1. The second kappa shape index (κ2) is 3.61. The minimum Gasteiger partial charge on any atom is -0.478 e. The van der Waals surface area contributed by atoms with Crippen molar-refractivity contribution in [3.8, 4) is 11.1 Å². The van der Waals surface area contributed by atoms with Crippen LogP contribution in [0.5, 0.6) is 0 Å². The molecule has 3 heteroatoms. The number of hydrogen-bond acceptors (Lipinski definition) is 2. The minimum absolute atomic E-state index is 0.297. The van der Waals surface area contributed by atoms with Crippen molar-refractivity contribution >= 4 is 5.97 Å². The molecule has 1 aromatic heterocycles. The molecule has 0 unspecified atom stereocenters. The summed E-state index contributed by atoms with van der Waals surface area (Å²) in [6.45, 7) is 1.87. The number of carboxylic acid groups (broad SMARTS) is 1. The van der Waals surface area contributed by atoms with Gasteiger partial charge in [0.2, 0.25) is 0 Å². The number of hydrogen-bond donors (Lipinski definition) is 1. The van der Waals surface area contributed by atoms with E-state index in [0.717, 1.165) is 16.7 Å². The molecule has 1 heterocycles. The van der Waals surface area contributed by atoms with Gasteiger partial charge in [-0.15, -0.1) is 0 Å². The Bertz CT molecular complexity index is 484. The van der Waals surface area contributed by atoms with Crippen LogP contribution in [0.25, 0.3) is 11.1 Å². The van der Waals surface area contributed by atoms with E-state index in [2.05, 4.69) is 0 Å². The number of furan rings is 1. The minimum atomic E-state index is -0.913. The van der Waals surface area contributed by atoms with E-state index in [1.165, 1.54) is 0 Å². The van der Waals surface area contributed by atoms with Crippen LogP contribution in [0.15, 0.2) is 41.2 Å². The number of aromatic carboxylic acids is 1. The van der Waals surface area contributed by atoms with Gasteiger partial charge in [0.1, 0.15) is 0 Å². The Kier molecular flexibility index (Phi) is 2.29. The summed E-state index contributed by atoms with van der Waals surface area (Å²) in [7, 11) is 0. The highest BCUT2D eigenvalue weighted by Gasteiger charge is 2.07. The molecule has 3 nitrogen and oxygen atoms in total. The molecule has 0 saturated carbocycles. The molecule has 2 rings (SSSR count). The molecule has 1 N–H and O–H groups in total. The molecule has 0 aliphatic carbocycles. The van der Waals surface area contributed by atoms with Crippen molar-refractivity contribution in [2.24, 2.45) is 0 Å². The highest BCUT2D eigenvalue weighted by molar-refractivity contribution is 5.89. The molecule has 0 fully saturated rings. The lowest BCUT2D eigenvalue weighted by Crippen LogP contribution is -1.96. The fourth-order valence-corrected chi connectivity index (χ4v) is 1.50. The Morgan fingerprint density at radius 1 is 1.27 bits per heavy atom. The summed E-state index contributed by atoms with van der Waals surface area (Å²) in [6, 6.07) is 7.02. The average molecular weight is 202 g/mol. The summed E-state index contributed by atoms with van der Waals surface area (Å²) < 4.78 is 4.96. The first-order valence-corrected chi connectivity index (χ1v) is 4.54. The molecule has 0 atom stereocenters. The van der Waals surface area contributed by atoms with Crippen LogP contribution in [0.4, 0.5) is 0 Å². The molecule has 0 radical (unpaired) electrons. The topological polar surface area (TPSA) is 50.4 Å². The Labute approximate surface area is 87.0 Å². The van der Waals surface area contributed by atoms with Crippen molar-refractivity contribution in [3.63, 3.8) is 0 Å². The van der Waals surface area contributed by atoms with E-state index in [9.17, 15) is 4.79 Å². The third kappa shape index (κ3) is 1.91. The molecule has 0 aliphatic heterocycles. The van der Waals surface area contributed by atoms with Gasteiger partial charge in [0, 0.05) is 5.56 Å². The highest BCUT2D eigenvalue weighted by atomic mass is 16.4. The predicted molar refractivity (Wildman–Crippen MR) is 55.8 cm³/mol. The van der Waals surface area contributed by atoms with Gasteiger partial charge in [-0.2, -0.15) is 0 Å². The third-order valence-corrected chi connectivity index (χ3v) is 2.18. The normalized spacial score (nSPS) is 10.2. The van der Waals surface area contributed by atoms with Gasteiger partial charge in [0.25, 0.3) is 0 Å². The fraction of sp³-hybridized carbons (Fsp3) is 0.0833. The molecule has 0 aliphatic rings. The predicted octanol–water partition coefficient (Wildman–Crippen LogP) is 2.95. The van der Waals surface area contributed by atoms with Crippen molar-refractivity contribution in [1.82, 2.24) is 0 Å². The van der Waals surface area contributed by atoms with Crippen molar-refractivity contribution in [2.45, 2.75) is 6.92 Å². The Balaban J connectivity index is 2.54. The molecule has 0 saturated heterocycles. The number of aryl methyl sites for hydroxylation is 1. The fourth-order valence-electron chi connectivity index (χ4n) is 1.50. The summed E-state index contributed by atoms with van der Waals surface area (Å²) >= 11 is 0. The standard InChI is InChI=1S/C12H10O3/c1-8-4-10(9-2-3-15-7-9)6-11(5-8)12(13)14/h2-7H,1H3,(H,13,14). The van der Waals surface area contributed by atoms with Gasteiger partial charge >= 0.3 is 5.97 Å². The zero-order chi connectivity index (χ0) is 10.8. The number of rotatable bonds is 2. The summed E-state index contributed by atoms with van der Waals surface area (Å²) in [6.07, 6.45) is 3.17. The monoisotopic (exact) mass is 202 g/mol. The average Bonchev–Trinajstić information content (AvgIpc) is 2.69. The molecule has 0 bridgehead atoms. The SMILES string of the molecule is Cc1cc(C(=O)O)cc(-c2ccoc2)c1. The van der Waals surface area contributed by atoms with Crippen LogP contribution in [0.3, 0.4) is 0 Å². The molecule has 15 heavy (non-hydrogen) atoms. The summed E-state index contributed by atoms with van der Waals surface area (Å²) in [5.74, 6) is -0.913. The zero-order valence-corrected chi connectivity index (χ0v) is 8.23. The number of carbonyl (C=O) groups is 1. The first-order valence-electron chi connectivity index (χ1n) is 4.54. The van der Waals surface area contributed by atoms with Crippen LogP contribution in [0, 0.1) is 6.92 Å². The van der Waals surface area contributed by atoms with E-state index in [1.807, 2.05) is 13.0 Å². The van der Waals surface area contributed by atoms with Crippen molar-refractivity contribution in [3.05, 3.63) is 47.9 Å². The van der Waals surface area contributed by atoms with Crippen molar-refractivity contribution in [1.29, 1.82) is 0 Å². The van der Waals surface area contributed by atoms with Gasteiger partial charge in [-0.25, -0.2) is 4.79 Å². The van der Waals surface area contributed by atoms with Crippen LogP contribution in [-0.2, 0) is 0 Å². The quantitative estimate of drug-likeness (QED) is 0.814. The van der Waals surface area contributed by atoms with Crippen molar-refractivity contribution in [2.75, 3.05) is 0 Å². The van der Waals surface area contributed by atoms with Gasteiger partial charge < -0.3 is 9.52 Å². The lowest BCUT2D eigenvalue weighted by Gasteiger charge is -2.02. The van der Waals surface area contributed by atoms with E-state index < -0.39 is 5.97 Å². The lowest BCUT2D eigenvalue weighted by atomic mass is 10.0. The molecule has 2 aromatic rings. The maximum absolute atomic E-state index is 10.9. The van der Waals surface area contributed by atoms with E-state index >= 15 is 0 Å². The Hall–Kier alpha value is -2.03. The summed E-state index contributed by atoms with van der Waals surface area (Å²) in [5.41, 5.74) is 2.97. The van der Waals surface area contributed by atoms with Crippen molar-refractivity contribution < 1.29 is 14.3 Å². The van der Waals surface area contributed by atoms with Gasteiger partial charge in [0.15, 0.2) is 0 Å². The second-order valence-corrected chi connectivity index (χ2v) is 3.40. The molecule has 0 spiro atoms. The van der Waals surface area contributed by atoms with Gasteiger partial charge in [0.05, 0.1) is 18.1 Å². The first kappa shape index (κ1) is 9.52. The highest BCUT2D eigenvalue weighted by Crippen LogP contribution is 2.22. The summed E-state index contributed by atoms with van der Waals surface area (Å²) in [5, 5.41) is 8.91.